The molecule has 0 aromatic carbocycles. The Balaban J connectivity index is 2.44. The fraction of sp³-hybridized carbons (Fsp3) is 1.00. The van der Waals surface area contributed by atoms with Crippen molar-refractivity contribution in [1.82, 2.24) is 0 Å². The summed E-state index contributed by atoms with van der Waals surface area (Å²) in [4.78, 5) is 0. The van der Waals surface area contributed by atoms with Crippen LogP contribution in [-0.2, 0) is 0 Å². The van der Waals surface area contributed by atoms with Gasteiger partial charge in [0.15, 0.2) is 0 Å². The Bertz CT molecular complexity index is 214. The molecule has 2 aliphatic carbocycles. The van der Waals surface area contributed by atoms with E-state index in [0.29, 0.717) is 5.92 Å². The minimum absolute atomic E-state index is 0.115. The molecule has 2 fully saturated rings. The van der Waals surface area contributed by atoms with Crippen LogP contribution in [0.3, 0.4) is 0 Å². The molecular weight excluding hydrogens is 168 g/mol. The van der Waals surface area contributed by atoms with Crippen LogP contribution in [0.4, 0.5) is 0 Å². The van der Waals surface area contributed by atoms with E-state index < -0.39 is 0 Å². The average Bonchev–Trinajstić information content (AvgIpc) is 2.26. The zero-order valence-electron chi connectivity index (χ0n) is 8.04. The Labute approximate surface area is 80.0 Å². The van der Waals surface area contributed by atoms with Gasteiger partial charge in [0.1, 0.15) is 0 Å². The first-order valence-electron chi connectivity index (χ1n) is 4.77. The number of fused-ring (bicyclic) bond motifs is 2. The molecule has 2 heteroatoms. The van der Waals surface area contributed by atoms with Crippen LogP contribution < -0.4 is 0 Å². The van der Waals surface area contributed by atoms with Gasteiger partial charge in [-0.1, -0.05) is 20.8 Å². The van der Waals surface area contributed by atoms with E-state index in [1.54, 1.807) is 0 Å². The lowest BCUT2D eigenvalue weighted by Gasteiger charge is -2.36. The third-order valence-corrected chi connectivity index (χ3v) is 5.40. The summed E-state index contributed by atoms with van der Waals surface area (Å²) in [7, 11) is 0. The van der Waals surface area contributed by atoms with Gasteiger partial charge in [0.05, 0.1) is 6.10 Å². The monoisotopic (exact) mass is 186 g/mol. The van der Waals surface area contributed by atoms with Crippen molar-refractivity contribution >= 4 is 12.6 Å². The highest BCUT2D eigenvalue weighted by atomic mass is 32.1. The van der Waals surface area contributed by atoms with Crippen LogP contribution in [0, 0.1) is 16.7 Å². The Morgan fingerprint density at radius 2 is 1.92 bits per heavy atom. The van der Waals surface area contributed by atoms with Crippen molar-refractivity contribution in [3.8, 4) is 0 Å². The standard InChI is InChI=1S/C10H18OS/c1-9(2)6-4-5-10(9,3)8(11)7(6)12/h6-8,11-12H,4-5H2,1-3H3. The number of hydrogen-bond donors (Lipinski definition) is 2. The number of thiol groups is 1. The number of aliphatic hydroxyl groups excluding tert-OH is 1. The topological polar surface area (TPSA) is 20.2 Å². The Hall–Kier alpha value is 0.310. The third kappa shape index (κ3) is 0.717. The maximum absolute atomic E-state index is 10.0. The SMILES string of the molecule is CC1(C)C2CCC1(C)C(O)C2S. The molecule has 0 aromatic rings. The molecule has 1 N–H and O–H groups in total. The highest BCUT2D eigenvalue weighted by Crippen LogP contribution is 2.66. The number of aliphatic hydroxyl groups is 1. The van der Waals surface area contributed by atoms with E-state index in [9.17, 15) is 5.11 Å². The molecule has 2 saturated carbocycles. The number of hydrogen-bond acceptors (Lipinski definition) is 2. The molecule has 12 heavy (non-hydrogen) atoms. The minimum Gasteiger partial charge on any atom is -0.391 e. The second kappa shape index (κ2) is 2.21. The van der Waals surface area contributed by atoms with E-state index >= 15 is 0 Å². The lowest BCUT2D eigenvalue weighted by molar-refractivity contribution is 0.0150. The van der Waals surface area contributed by atoms with Gasteiger partial charge in [-0.15, -0.1) is 0 Å². The quantitative estimate of drug-likeness (QED) is 0.555. The van der Waals surface area contributed by atoms with Crippen molar-refractivity contribution in [3.05, 3.63) is 0 Å². The predicted molar refractivity (Wildman–Crippen MR) is 53.4 cm³/mol. The van der Waals surface area contributed by atoms with Gasteiger partial charge in [0.25, 0.3) is 0 Å². The van der Waals surface area contributed by atoms with Gasteiger partial charge in [0.2, 0.25) is 0 Å². The lowest BCUT2D eigenvalue weighted by atomic mass is 9.70. The second-order valence-corrected chi connectivity index (χ2v) is 5.82. The van der Waals surface area contributed by atoms with Crippen LogP contribution >= 0.6 is 12.6 Å². The average molecular weight is 186 g/mol. The molecule has 70 valence electrons. The van der Waals surface area contributed by atoms with E-state index in [1.807, 2.05) is 0 Å². The first kappa shape index (κ1) is 8.89. The molecule has 2 aliphatic rings. The normalized spacial score (nSPS) is 56.2. The second-order valence-electron chi connectivity index (χ2n) is 5.22. The Morgan fingerprint density at radius 3 is 2.17 bits per heavy atom. The van der Waals surface area contributed by atoms with Crippen LogP contribution in [0.2, 0.25) is 0 Å². The van der Waals surface area contributed by atoms with E-state index in [1.165, 1.54) is 12.8 Å². The summed E-state index contributed by atoms with van der Waals surface area (Å²) in [5.74, 6) is 0.612. The molecule has 4 atom stereocenters. The Kier molecular flexibility index (Phi) is 1.64. The molecule has 0 saturated heterocycles. The van der Waals surface area contributed by atoms with Crippen molar-refractivity contribution in [1.29, 1.82) is 0 Å². The van der Waals surface area contributed by atoms with Crippen molar-refractivity contribution in [2.45, 2.75) is 45.0 Å². The van der Waals surface area contributed by atoms with Gasteiger partial charge in [-0.3, -0.25) is 0 Å². The smallest absolute Gasteiger partial charge is 0.0717 e. The molecule has 2 bridgehead atoms. The Morgan fingerprint density at radius 1 is 1.33 bits per heavy atom. The molecule has 0 radical (unpaired) electrons. The van der Waals surface area contributed by atoms with E-state index in [-0.39, 0.29) is 22.2 Å². The minimum atomic E-state index is -0.199. The van der Waals surface area contributed by atoms with Crippen molar-refractivity contribution in [2.24, 2.45) is 16.7 Å². The van der Waals surface area contributed by atoms with Crippen LogP contribution in [0.25, 0.3) is 0 Å². The van der Waals surface area contributed by atoms with Crippen LogP contribution in [0.15, 0.2) is 0 Å². The maximum atomic E-state index is 10.0. The highest BCUT2D eigenvalue weighted by Gasteiger charge is 2.64. The van der Waals surface area contributed by atoms with Gasteiger partial charge >= 0.3 is 0 Å². The molecule has 0 aliphatic heterocycles. The molecular formula is C10H18OS. The third-order valence-electron chi connectivity index (χ3n) is 4.76. The summed E-state index contributed by atoms with van der Waals surface area (Å²) < 4.78 is 0. The maximum Gasteiger partial charge on any atom is 0.0717 e. The fourth-order valence-corrected chi connectivity index (χ4v) is 4.14. The van der Waals surface area contributed by atoms with Crippen molar-refractivity contribution in [3.63, 3.8) is 0 Å². The van der Waals surface area contributed by atoms with Crippen molar-refractivity contribution in [2.75, 3.05) is 0 Å². The summed E-state index contributed by atoms with van der Waals surface area (Å²) in [6.45, 7) is 6.78. The first-order chi connectivity index (χ1) is 5.41. The van der Waals surface area contributed by atoms with Gasteiger partial charge < -0.3 is 5.11 Å². The van der Waals surface area contributed by atoms with E-state index in [4.69, 9.17) is 0 Å². The molecule has 2 rings (SSSR count). The molecule has 4 unspecified atom stereocenters. The summed E-state index contributed by atoms with van der Waals surface area (Å²) in [6.07, 6.45) is 2.21. The van der Waals surface area contributed by atoms with Crippen LogP contribution in [-0.4, -0.2) is 16.5 Å². The van der Waals surface area contributed by atoms with Crippen molar-refractivity contribution < 1.29 is 5.11 Å². The van der Waals surface area contributed by atoms with Gasteiger partial charge in [0, 0.05) is 5.25 Å². The molecule has 0 aromatic heterocycles. The van der Waals surface area contributed by atoms with Crippen LogP contribution in [0.1, 0.15) is 33.6 Å². The number of rotatable bonds is 0. The molecule has 1 nitrogen and oxygen atoms in total. The summed E-state index contributed by atoms with van der Waals surface area (Å²) in [5.41, 5.74) is 0.392. The summed E-state index contributed by atoms with van der Waals surface area (Å²) in [6, 6.07) is 0. The van der Waals surface area contributed by atoms with E-state index in [0.717, 1.165) is 0 Å². The molecule has 0 spiro atoms. The summed E-state index contributed by atoms with van der Waals surface area (Å²) in [5, 5.41) is 10.2. The zero-order chi connectivity index (χ0) is 9.15. The van der Waals surface area contributed by atoms with Crippen LogP contribution in [0.5, 0.6) is 0 Å². The van der Waals surface area contributed by atoms with Gasteiger partial charge in [-0.2, -0.15) is 12.6 Å². The summed E-state index contributed by atoms with van der Waals surface area (Å²) >= 11 is 4.51. The van der Waals surface area contributed by atoms with Gasteiger partial charge in [-0.25, -0.2) is 0 Å². The highest BCUT2D eigenvalue weighted by molar-refractivity contribution is 7.81. The predicted octanol–water partition coefficient (Wildman–Crippen LogP) is 2.10. The first-order valence-corrected chi connectivity index (χ1v) is 5.29. The largest absolute Gasteiger partial charge is 0.391 e. The van der Waals surface area contributed by atoms with E-state index in [2.05, 4.69) is 33.4 Å². The molecule has 0 amide bonds. The zero-order valence-corrected chi connectivity index (χ0v) is 8.94. The lowest BCUT2D eigenvalue weighted by Crippen LogP contribution is -2.37. The van der Waals surface area contributed by atoms with Gasteiger partial charge in [-0.05, 0) is 29.6 Å². The fourth-order valence-electron chi connectivity index (χ4n) is 3.29. The molecule has 0 heterocycles.